The summed E-state index contributed by atoms with van der Waals surface area (Å²) >= 11 is 0. The van der Waals surface area contributed by atoms with Gasteiger partial charge < -0.3 is 10.4 Å². The van der Waals surface area contributed by atoms with Crippen LogP contribution in [0.2, 0.25) is 0 Å². The minimum atomic E-state index is -0.836. The van der Waals surface area contributed by atoms with E-state index < -0.39 is 11.9 Å². The van der Waals surface area contributed by atoms with Crippen LogP contribution in [0.1, 0.15) is 20.8 Å². The number of nitrogens with zero attached hydrogens (tertiary/aromatic N) is 1. The van der Waals surface area contributed by atoms with Gasteiger partial charge in [-0.15, -0.1) is 0 Å². The monoisotopic (exact) mass is 216 g/mol. The first-order valence-corrected chi connectivity index (χ1v) is 5.06. The minimum Gasteiger partial charge on any atom is -0.481 e. The van der Waals surface area contributed by atoms with Gasteiger partial charge in [-0.05, 0) is 13.8 Å². The molecule has 88 valence electrons. The standard InChI is InChI=1S/C10H20N2O3/c1-7(2)12(6-9(13)11-4)5-8(3)10(14)15/h7-8H,5-6H2,1-4H3,(H,11,13)(H,14,15). The predicted molar refractivity (Wildman–Crippen MR) is 57.6 cm³/mol. The van der Waals surface area contributed by atoms with Crippen LogP contribution in [0.15, 0.2) is 0 Å². The van der Waals surface area contributed by atoms with Crippen LogP contribution in [0, 0.1) is 5.92 Å². The first-order chi connectivity index (χ1) is 6.88. The van der Waals surface area contributed by atoms with E-state index in [9.17, 15) is 9.59 Å². The second kappa shape index (κ2) is 6.40. The van der Waals surface area contributed by atoms with Gasteiger partial charge in [-0.1, -0.05) is 6.92 Å². The Morgan fingerprint density at radius 3 is 2.20 bits per heavy atom. The lowest BCUT2D eigenvalue weighted by molar-refractivity contribution is -0.142. The number of aliphatic carboxylic acids is 1. The summed E-state index contributed by atoms with van der Waals surface area (Å²) in [5, 5.41) is 11.3. The number of rotatable bonds is 6. The molecular formula is C10H20N2O3. The Morgan fingerprint density at radius 2 is 1.87 bits per heavy atom. The smallest absolute Gasteiger partial charge is 0.307 e. The van der Waals surface area contributed by atoms with Gasteiger partial charge in [0.25, 0.3) is 0 Å². The first kappa shape index (κ1) is 13.9. The van der Waals surface area contributed by atoms with E-state index in [1.165, 1.54) is 0 Å². The molecule has 0 aromatic rings. The lowest BCUT2D eigenvalue weighted by atomic mass is 10.1. The Kier molecular flexibility index (Phi) is 5.93. The van der Waals surface area contributed by atoms with Gasteiger partial charge in [0.2, 0.25) is 5.91 Å². The van der Waals surface area contributed by atoms with Crippen molar-refractivity contribution in [2.24, 2.45) is 5.92 Å². The highest BCUT2D eigenvalue weighted by molar-refractivity contribution is 5.77. The highest BCUT2D eigenvalue weighted by Gasteiger charge is 2.19. The fraction of sp³-hybridized carbons (Fsp3) is 0.800. The van der Waals surface area contributed by atoms with Crippen molar-refractivity contribution in [2.75, 3.05) is 20.1 Å². The summed E-state index contributed by atoms with van der Waals surface area (Å²) < 4.78 is 0. The van der Waals surface area contributed by atoms with Crippen molar-refractivity contribution in [3.05, 3.63) is 0 Å². The molecule has 0 fully saturated rings. The number of carboxylic acid groups (broad SMARTS) is 1. The zero-order valence-electron chi connectivity index (χ0n) is 9.78. The van der Waals surface area contributed by atoms with Gasteiger partial charge >= 0.3 is 5.97 Å². The summed E-state index contributed by atoms with van der Waals surface area (Å²) in [5.74, 6) is -1.39. The van der Waals surface area contributed by atoms with E-state index in [0.717, 1.165) is 0 Å². The van der Waals surface area contributed by atoms with Gasteiger partial charge in [0.1, 0.15) is 0 Å². The van der Waals surface area contributed by atoms with Crippen LogP contribution in [0.5, 0.6) is 0 Å². The number of amides is 1. The highest BCUT2D eigenvalue weighted by atomic mass is 16.4. The lowest BCUT2D eigenvalue weighted by Gasteiger charge is -2.27. The molecule has 0 radical (unpaired) electrons. The Bertz CT molecular complexity index is 229. The summed E-state index contributed by atoms with van der Waals surface area (Å²) in [6.45, 7) is 6.16. The number of carbonyl (C=O) groups excluding carboxylic acids is 1. The van der Waals surface area contributed by atoms with E-state index in [1.54, 1.807) is 14.0 Å². The zero-order chi connectivity index (χ0) is 12.0. The van der Waals surface area contributed by atoms with Crippen molar-refractivity contribution in [3.8, 4) is 0 Å². The van der Waals surface area contributed by atoms with E-state index in [-0.39, 0.29) is 18.5 Å². The first-order valence-electron chi connectivity index (χ1n) is 5.06. The third-order valence-electron chi connectivity index (χ3n) is 2.29. The third kappa shape index (κ3) is 5.37. The number of carboxylic acids is 1. The van der Waals surface area contributed by atoms with Crippen LogP contribution in [0.4, 0.5) is 0 Å². The van der Waals surface area contributed by atoms with Gasteiger partial charge in [0.05, 0.1) is 12.5 Å². The maximum absolute atomic E-state index is 11.2. The van der Waals surface area contributed by atoms with Crippen LogP contribution in [-0.2, 0) is 9.59 Å². The molecule has 0 aromatic heterocycles. The van der Waals surface area contributed by atoms with E-state index in [0.29, 0.717) is 6.54 Å². The molecule has 0 spiro atoms. The number of carbonyl (C=O) groups is 2. The van der Waals surface area contributed by atoms with Crippen molar-refractivity contribution in [3.63, 3.8) is 0 Å². The Hall–Kier alpha value is -1.10. The van der Waals surface area contributed by atoms with Crippen LogP contribution in [0.25, 0.3) is 0 Å². The maximum atomic E-state index is 11.2. The summed E-state index contributed by atoms with van der Waals surface area (Å²) in [6.07, 6.45) is 0. The molecule has 0 aromatic carbocycles. The minimum absolute atomic E-state index is 0.0960. The number of nitrogens with one attached hydrogen (secondary N) is 1. The Labute approximate surface area is 90.5 Å². The summed E-state index contributed by atoms with van der Waals surface area (Å²) in [7, 11) is 1.57. The molecule has 2 N–H and O–H groups in total. The van der Waals surface area contributed by atoms with Gasteiger partial charge in [-0.2, -0.15) is 0 Å². The summed E-state index contributed by atoms with van der Waals surface area (Å²) in [5.41, 5.74) is 0. The van der Waals surface area contributed by atoms with E-state index in [4.69, 9.17) is 5.11 Å². The largest absolute Gasteiger partial charge is 0.481 e. The normalized spacial score (nSPS) is 12.9. The predicted octanol–water partition coefficient (Wildman–Crippen LogP) is 0.164. The van der Waals surface area contributed by atoms with E-state index >= 15 is 0 Å². The molecule has 0 aliphatic carbocycles. The molecule has 0 heterocycles. The summed E-state index contributed by atoms with van der Waals surface area (Å²) in [4.78, 5) is 23.7. The number of hydrogen-bond acceptors (Lipinski definition) is 3. The number of likely N-dealkylation sites (N-methyl/N-ethyl adjacent to an activating group) is 1. The lowest BCUT2D eigenvalue weighted by Crippen LogP contribution is -2.43. The fourth-order valence-corrected chi connectivity index (χ4v) is 1.15. The van der Waals surface area contributed by atoms with Crippen LogP contribution in [0.3, 0.4) is 0 Å². The Morgan fingerprint density at radius 1 is 1.33 bits per heavy atom. The van der Waals surface area contributed by atoms with Crippen molar-refractivity contribution >= 4 is 11.9 Å². The molecule has 1 unspecified atom stereocenters. The average molecular weight is 216 g/mol. The third-order valence-corrected chi connectivity index (χ3v) is 2.29. The molecule has 1 amide bonds. The molecule has 0 aliphatic heterocycles. The SMILES string of the molecule is CNC(=O)CN(CC(C)C(=O)O)C(C)C. The van der Waals surface area contributed by atoms with E-state index in [1.807, 2.05) is 18.7 Å². The van der Waals surface area contributed by atoms with Crippen LogP contribution in [-0.4, -0.2) is 48.1 Å². The molecule has 1 atom stereocenters. The van der Waals surface area contributed by atoms with Crippen molar-refractivity contribution in [2.45, 2.75) is 26.8 Å². The van der Waals surface area contributed by atoms with Crippen molar-refractivity contribution in [1.82, 2.24) is 10.2 Å². The topological polar surface area (TPSA) is 69.6 Å². The van der Waals surface area contributed by atoms with E-state index in [2.05, 4.69) is 5.32 Å². The summed E-state index contributed by atoms with van der Waals surface area (Å²) in [6, 6.07) is 0.157. The molecule has 0 saturated heterocycles. The highest BCUT2D eigenvalue weighted by Crippen LogP contribution is 2.04. The zero-order valence-corrected chi connectivity index (χ0v) is 9.78. The quantitative estimate of drug-likeness (QED) is 0.663. The molecule has 5 nitrogen and oxygen atoms in total. The van der Waals surface area contributed by atoms with Crippen LogP contribution < -0.4 is 5.32 Å². The van der Waals surface area contributed by atoms with Gasteiger partial charge in [-0.25, -0.2) is 0 Å². The van der Waals surface area contributed by atoms with Gasteiger partial charge in [-0.3, -0.25) is 14.5 Å². The second-order valence-corrected chi connectivity index (χ2v) is 3.94. The van der Waals surface area contributed by atoms with Crippen LogP contribution >= 0.6 is 0 Å². The Balaban J connectivity index is 4.28. The maximum Gasteiger partial charge on any atom is 0.307 e. The fourth-order valence-electron chi connectivity index (χ4n) is 1.15. The van der Waals surface area contributed by atoms with Crippen molar-refractivity contribution in [1.29, 1.82) is 0 Å². The second-order valence-electron chi connectivity index (χ2n) is 3.94. The van der Waals surface area contributed by atoms with Gasteiger partial charge in [0, 0.05) is 19.6 Å². The molecule has 0 bridgehead atoms. The molecule has 0 rings (SSSR count). The van der Waals surface area contributed by atoms with Gasteiger partial charge in [0.15, 0.2) is 0 Å². The molecule has 15 heavy (non-hydrogen) atoms. The number of hydrogen-bond donors (Lipinski definition) is 2. The molecular weight excluding hydrogens is 196 g/mol. The molecule has 5 heteroatoms. The average Bonchev–Trinajstić information content (AvgIpc) is 2.15. The van der Waals surface area contributed by atoms with Crippen molar-refractivity contribution < 1.29 is 14.7 Å². The molecule has 0 aliphatic rings. The molecule has 0 saturated carbocycles.